The van der Waals surface area contributed by atoms with Gasteiger partial charge in [-0.05, 0) is 42.5 Å². The van der Waals surface area contributed by atoms with Crippen LogP contribution in [0.2, 0.25) is 0 Å². The third-order valence-corrected chi connectivity index (χ3v) is 4.13. The van der Waals surface area contributed by atoms with Gasteiger partial charge >= 0.3 is 6.18 Å². The van der Waals surface area contributed by atoms with Crippen molar-refractivity contribution in [2.24, 2.45) is 0 Å². The molecule has 0 saturated carbocycles. The number of benzene rings is 1. The van der Waals surface area contributed by atoms with Crippen molar-refractivity contribution in [3.63, 3.8) is 0 Å². The lowest BCUT2D eigenvalue weighted by Crippen LogP contribution is -2.34. The zero-order valence-corrected chi connectivity index (χ0v) is 12.6. The second-order valence-electron chi connectivity index (χ2n) is 5.73. The van der Waals surface area contributed by atoms with Crippen molar-refractivity contribution in [2.45, 2.75) is 31.5 Å². The molecule has 1 aliphatic carbocycles. The van der Waals surface area contributed by atoms with Gasteiger partial charge in [0, 0.05) is 0 Å². The summed E-state index contributed by atoms with van der Waals surface area (Å²) in [6.07, 6.45) is -2.12. The number of pyridine rings is 1. The largest absolute Gasteiger partial charge is 0.431 e. The van der Waals surface area contributed by atoms with Gasteiger partial charge < -0.3 is 10.3 Å². The molecule has 1 aromatic carbocycles. The Labute approximate surface area is 135 Å². The maximum atomic E-state index is 12.6. The highest BCUT2D eigenvalue weighted by Gasteiger charge is 2.32. The molecule has 1 amide bonds. The number of halogens is 3. The van der Waals surface area contributed by atoms with Gasteiger partial charge in [-0.3, -0.25) is 9.59 Å². The number of rotatable bonds is 2. The molecule has 0 spiro atoms. The monoisotopic (exact) mass is 336 g/mol. The molecule has 1 aliphatic rings. The summed E-state index contributed by atoms with van der Waals surface area (Å²) in [5.41, 5.74) is -0.430. The van der Waals surface area contributed by atoms with Gasteiger partial charge in [0.1, 0.15) is 11.3 Å². The molecule has 0 aliphatic heterocycles. The lowest BCUT2D eigenvalue weighted by atomic mass is 9.87. The summed E-state index contributed by atoms with van der Waals surface area (Å²) >= 11 is 0. The van der Waals surface area contributed by atoms with E-state index in [0.29, 0.717) is 6.07 Å². The lowest BCUT2D eigenvalue weighted by molar-refractivity contribution is -0.141. The number of carbonyl (C=O) groups excluding carboxylic acids is 1. The average molecular weight is 336 g/mol. The van der Waals surface area contributed by atoms with Gasteiger partial charge in [0.2, 0.25) is 0 Å². The Balaban J connectivity index is 1.83. The molecule has 0 bridgehead atoms. The van der Waals surface area contributed by atoms with E-state index in [1.54, 1.807) is 4.98 Å². The zero-order chi connectivity index (χ0) is 17.3. The van der Waals surface area contributed by atoms with E-state index in [1.807, 2.05) is 24.3 Å². The number of alkyl halides is 3. The highest BCUT2D eigenvalue weighted by atomic mass is 19.4. The van der Waals surface area contributed by atoms with Crippen LogP contribution in [0.5, 0.6) is 0 Å². The predicted octanol–water partition coefficient (Wildman–Crippen LogP) is 3.20. The molecule has 2 N–H and O–H groups in total. The van der Waals surface area contributed by atoms with Crippen molar-refractivity contribution in [3.8, 4) is 0 Å². The molecule has 3 rings (SSSR count). The average Bonchev–Trinajstić information content (AvgIpc) is 2.54. The highest BCUT2D eigenvalue weighted by molar-refractivity contribution is 5.94. The molecule has 126 valence electrons. The van der Waals surface area contributed by atoms with Crippen LogP contribution in [0.1, 0.15) is 46.1 Å². The summed E-state index contributed by atoms with van der Waals surface area (Å²) in [4.78, 5) is 25.8. The van der Waals surface area contributed by atoms with Gasteiger partial charge in [-0.15, -0.1) is 0 Å². The van der Waals surface area contributed by atoms with Gasteiger partial charge in [0.25, 0.3) is 11.5 Å². The standard InChI is InChI=1S/C17H15F3N2O2/c18-17(19,20)14-9-8-12(16(24)22-14)15(23)21-13-7-3-5-10-4-1-2-6-11(10)13/h1-2,4,6,8-9,13H,3,5,7H2,(H,21,23)(H,22,24). The fourth-order valence-electron chi connectivity index (χ4n) is 2.96. The lowest BCUT2D eigenvalue weighted by Gasteiger charge is -2.26. The number of hydrogen-bond acceptors (Lipinski definition) is 2. The van der Waals surface area contributed by atoms with Crippen molar-refractivity contribution in [3.05, 3.63) is 69.1 Å². The molecule has 0 saturated heterocycles. The van der Waals surface area contributed by atoms with Crippen LogP contribution < -0.4 is 10.9 Å². The summed E-state index contributed by atoms with van der Waals surface area (Å²) in [6.45, 7) is 0. The van der Waals surface area contributed by atoms with Crippen LogP contribution in [0.4, 0.5) is 13.2 Å². The molecule has 7 heteroatoms. The highest BCUT2D eigenvalue weighted by Crippen LogP contribution is 2.30. The fraction of sp³-hybridized carbons (Fsp3) is 0.294. The Hall–Kier alpha value is -2.57. The molecular formula is C17H15F3N2O2. The van der Waals surface area contributed by atoms with E-state index in [4.69, 9.17) is 0 Å². The molecule has 4 nitrogen and oxygen atoms in total. The number of fused-ring (bicyclic) bond motifs is 1. The van der Waals surface area contributed by atoms with Gasteiger partial charge in [-0.1, -0.05) is 24.3 Å². The Morgan fingerprint density at radius 1 is 1.17 bits per heavy atom. The molecule has 1 aromatic heterocycles. The third-order valence-electron chi connectivity index (χ3n) is 4.13. The van der Waals surface area contributed by atoms with Crippen LogP contribution in [-0.2, 0) is 12.6 Å². The van der Waals surface area contributed by atoms with E-state index in [1.165, 1.54) is 0 Å². The molecule has 1 atom stereocenters. The molecule has 2 aromatic rings. The molecule has 0 radical (unpaired) electrons. The maximum absolute atomic E-state index is 12.6. The second kappa shape index (κ2) is 6.14. The number of amides is 1. The number of hydrogen-bond donors (Lipinski definition) is 2. The minimum atomic E-state index is -4.66. The minimum absolute atomic E-state index is 0.246. The number of carbonyl (C=O) groups is 1. The van der Waals surface area contributed by atoms with Crippen molar-refractivity contribution in [1.29, 1.82) is 0 Å². The normalized spacial score (nSPS) is 17.2. The molecular weight excluding hydrogens is 321 g/mol. The van der Waals surface area contributed by atoms with Crippen LogP contribution in [0.15, 0.2) is 41.2 Å². The van der Waals surface area contributed by atoms with Gasteiger partial charge in [-0.25, -0.2) is 0 Å². The van der Waals surface area contributed by atoms with Gasteiger partial charge in [0.05, 0.1) is 6.04 Å². The van der Waals surface area contributed by atoms with Crippen molar-refractivity contribution < 1.29 is 18.0 Å². The predicted molar refractivity (Wildman–Crippen MR) is 81.7 cm³/mol. The van der Waals surface area contributed by atoms with E-state index in [-0.39, 0.29) is 11.6 Å². The summed E-state index contributed by atoms with van der Waals surface area (Å²) in [6, 6.07) is 9.05. The van der Waals surface area contributed by atoms with Crippen molar-refractivity contribution >= 4 is 5.91 Å². The molecule has 24 heavy (non-hydrogen) atoms. The number of aromatic amines is 1. The Morgan fingerprint density at radius 2 is 1.92 bits per heavy atom. The van der Waals surface area contributed by atoms with Crippen LogP contribution in [0, 0.1) is 0 Å². The smallest absolute Gasteiger partial charge is 0.345 e. The first-order valence-electron chi connectivity index (χ1n) is 7.55. The maximum Gasteiger partial charge on any atom is 0.431 e. The van der Waals surface area contributed by atoms with Gasteiger partial charge in [-0.2, -0.15) is 13.2 Å². The first-order valence-corrected chi connectivity index (χ1v) is 7.55. The fourth-order valence-corrected chi connectivity index (χ4v) is 2.96. The van der Waals surface area contributed by atoms with E-state index < -0.39 is 23.3 Å². The van der Waals surface area contributed by atoms with Crippen LogP contribution >= 0.6 is 0 Å². The first kappa shape index (κ1) is 16.3. The quantitative estimate of drug-likeness (QED) is 0.885. The topological polar surface area (TPSA) is 62.0 Å². The molecule has 1 heterocycles. The summed E-state index contributed by atoms with van der Waals surface area (Å²) in [5, 5.41) is 2.75. The van der Waals surface area contributed by atoms with E-state index in [2.05, 4.69) is 5.32 Å². The zero-order valence-electron chi connectivity index (χ0n) is 12.6. The third kappa shape index (κ3) is 3.20. The first-order chi connectivity index (χ1) is 11.4. The van der Waals surface area contributed by atoms with E-state index >= 15 is 0 Å². The van der Waals surface area contributed by atoms with Crippen LogP contribution in [-0.4, -0.2) is 10.9 Å². The van der Waals surface area contributed by atoms with Crippen LogP contribution in [0.3, 0.4) is 0 Å². The van der Waals surface area contributed by atoms with Crippen molar-refractivity contribution in [1.82, 2.24) is 10.3 Å². The van der Waals surface area contributed by atoms with Gasteiger partial charge in [0.15, 0.2) is 0 Å². The summed E-state index contributed by atoms with van der Waals surface area (Å²) in [5.74, 6) is -0.674. The SMILES string of the molecule is O=C(NC1CCCc2ccccc21)c1ccc(C(F)(F)F)[nH]c1=O. The van der Waals surface area contributed by atoms with Crippen LogP contribution in [0.25, 0.3) is 0 Å². The Kier molecular flexibility index (Phi) is 4.17. The summed E-state index contributed by atoms with van der Waals surface area (Å²) in [7, 11) is 0. The number of H-pyrrole nitrogens is 1. The Bertz CT molecular complexity index is 827. The minimum Gasteiger partial charge on any atom is -0.345 e. The van der Waals surface area contributed by atoms with E-state index in [0.717, 1.165) is 36.5 Å². The molecule has 0 fully saturated rings. The number of nitrogens with one attached hydrogen (secondary N) is 2. The number of aryl methyl sites for hydroxylation is 1. The second-order valence-corrected chi connectivity index (χ2v) is 5.73. The molecule has 1 unspecified atom stereocenters. The van der Waals surface area contributed by atoms with Crippen molar-refractivity contribution in [2.75, 3.05) is 0 Å². The number of aromatic nitrogens is 1. The van der Waals surface area contributed by atoms with E-state index in [9.17, 15) is 22.8 Å². The summed E-state index contributed by atoms with van der Waals surface area (Å²) < 4.78 is 37.7. The Morgan fingerprint density at radius 3 is 2.62 bits per heavy atom.